The van der Waals surface area contributed by atoms with Crippen LogP contribution in [0.2, 0.25) is 0 Å². The first-order chi connectivity index (χ1) is 6.33. The van der Waals surface area contributed by atoms with Gasteiger partial charge >= 0.3 is 0 Å². The van der Waals surface area contributed by atoms with E-state index >= 15 is 0 Å². The molecule has 0 saturated carbocycles. The van der Waals surface area contributed by atoms with E-state index < -0.39 is 0 Å². The topological polar surface area (TPSA) is 4.93 Å². The molecule has 1 nitrogen and oxygen atoms in total. The number of aryl methyl sites for hydroxylation is 1. The molecule has 2 rings (SSSR count). The summed E-state index contributed by atoms with van der Waals surface area (Å²) in [5, 5.41) is 2.39. The third-order valence-corrected chi connectivity index (χ3v) is 2.68. The minimum absolute atomic E-state index is 0.931. The maximum absolute atomic E-state index is 5.36. The van der Waals surface area contributed by atoms with E-state index in [1.165, 1.54) is 10.8 Å². The maximum Gasteiger partial charge on any atom is 0.113 e. The van der Waals surface area contributed by atoms with Crippen LogP contribution in [-0.2, 0) is 6.54 Å². The fourth-order valence-corrected chi connectivity index (χ4v) is 1.85. The molecular weight excluding hydrogens is 178 g/mol. The van der Waals surface area contributed by atoms with Crippen molar-refractivity contribution >= 4 is 23.0 Å². The second-order valence-corrected chi connectivity index (χ2v) is 3.38. The van der Waals surface area contributed by atoms with Gasteiger partial charge in [0.2, 0.25) is 0 Å². The lowest BCUT2D eigenvalue weighted by Gasteiger charge is -2.05. The monoisotopic (exact) mass is 189 g/mol. The summed E-state index contributed by atoms with van der Waals surface area (Å²) in [4.78, 5) is 0. The molecule has 0 N–H and O–H groups in total. The van der Waals surface area contributed by atoms with Gasteiger partial charge in [-0.05, 0) is 18.4 Å². The Labute approximate surface area is 82.6 Å². The molecule has 0 aliphatic carbocycles. The molecule has 0 aliphatic heterocycles. The van der Waals surface area contributed by atoms with Gasteiger partial charge in [-0.2, -0.15) is 0 Å². The van der Waals surface area contributed by atoms with Crippen molar-refractivity contribution < 1.29 is 0 Å². The van der Waals surface area contributed by atoms with Gasteiger partial charge in [-0.3, -0.25) is 0 Å². The highest BCUT2D eigenvalue weighted by molar-refractivity contribution is 7.71. The quantitative estimate of drug-likeness (QED) is 0.622. The van der Waals surface area contributed by atoms with Crippen molar-refractivity contribution in [1.82, 2.24) is 4.57 Å². The summed E-state index contributed by atoms with van der Waals surface area (Å²) in [6.45, 7) is 3.04. The molecule has 2 aromatic rings. The molecule has 66 valence electrons. The highest BCUT2D eigenvalue weighted by Gasteiger charge is 1.95. The van der Waals surface area contributed by atoms with E-state index in [0.29, 0.717) is 0 Å². The normalized spacial score (nSPS) is 10.5. The lowest BCUT2D eigenvalue weighted by atomic mass is 10.2. The highest BCUT2D eigenvalue weighted by atomic mass is 32.1. The molecule has 0 amide bonds. The SMILES string of the molecule is CCn1ccc2ccccc2c1=S. The fraction of sp³-hybridized carbons (Fsp3) is 0.182. The zero-order chi connectivity index (χ0) is 9.26. The van der Waals surface area contributed by atoms with Crippen LogP contribution in [-0.4, -0.2) is 4.57 Å². The van der Waals surface area contributed by atoms with Crippen LogP contribution in [0.25, 0.3) is 10.8 Å². The minimum Gasteiger partial charge on any atom is -0.339 e. The van der Waals surface area contributed by atoms with Gasteiger partial charge in [0.05, 0.1) is 0 Å². The second kappa shape index (κ2) is 3.30. The third-order valence-electron chi connectivity index (χ3n) is 2.23. The van der Waals surface area contributed by atoms with Crippen molar-refractivity contribution in [3.8, 4) is 0 Å². The number of benzene rings is 1. The fourth-order valence-electron chi connectivity index (χ4n) is 1.48. The number of pyridine rings is 1. The van der Waals surface area contributed by atoms with Crippen LogP contribution >= 0.6 is 12.2 Å². The molecule has 0 aliphatic rings. The Morgan fingerprint density at radius 2 is 2.00 bits per heavy atom. The van der Waals surface area contributed by atoms with Crippen LogP contribution in [0.4, 0.5) is 0 Å². The molecule has 1 aromatic heterocycles. The van der Waals surface area contributed by atoms with Crippen LogP contribution in [0.1, 0.15) is 6.92 Å². The molecule has 0 spiro atoms. The molecule has 13 heavy (non-hydrogen) atoms. The summed E-state index contributed by atoms with van der Waals surface area (Å²) >= 11 is 5.36. The van der Waals surface area contributed by atoms with Crippen molar-refractivity contribution in [1.29, 1.82) is 0 Å². The maximum atomic E-state index is 5.36. The summed E-state index contributed by atoms with van der Waals surface area (Å²) in [6.07, 6.45) is 2.05. The summed E-state index contributed by atoms with van der Waals surface area (Å²) in [6, 6.07) is 10.3. The van der Waals surface area contributed by atoms with E-state index in [4.69, 9.17) is 12.2 Å². The van der Waals surface area contributed by atoms with Gasteiger partial charge in [-0.15, -0.1) is 0 Å². The number of fused-ring (bicyclic) bond motifs is 1. The first-order valence-electron chi connectivity index (χ1n) is 4.41. The number of hydrogen-bond donors (Lipinski definition) is 0. The molecule has 1 aromatic carbocycles. The van der Waals surface area contributed by atoms with E-state index in [9.17, 15) is 0 Å². The van der Waals surface area contributed by atoms with Crippen LogP contribution in [0.5, 0.6) is 0 Å². The predicted molar refractivity (Wildman–Crippen MR) is 58.4 cm³/mol. The lowest BCUT2D eigenvalue weighted by molar-refractivity contribution is 0.751. The van der Waals surface area contributed by atoms with Crippen molar-refractivity contribution in [2.75, 3.05) is 0 Å². The third kappa shape index (κ3) is 1.38. The predicted octanol–water partition coefficient (Wildman–Crippen LogP) is 3.39. The Morgan fingerprint density at radius 3 is 2.77 bits per heavy atom. The number of hydrogen-bond acceptors (Lipinski definition) is 1. The Morgan fingerprint density at radius 1 is 1.23 bits per heavy atom. The van der Waals surface area contributed by atoms with Crippen molar-refractivity contribution in [3.05, 3.63) is 41.2 Å². The summed E-state index contributed by atoms with van der Waals surface area (Å²) in [7, 11) is 0. The van der Waals surface area contributed by atoms with Gasteiger partial charge in [0.1, 0.15) is 4.64 Å². The standard InChI is InChI=1S/C11H11NS/c1-2-12-8-7-9-5-3-4-6-10(9)11(12)13/h3-8H,2H2,1H3. The first kappa shape index (κ1) is 8.45. The summed E-state index contributed by atoms with van der Waals surface area (Å²) < 4.78 is 3.01. The van der Waals surface area contributed by atoms with Crippen LogP contribution in [0, 0.1) is 4.64 Å². The van der Waals surface area contributed by atoms with Crippen molar-refractivity contribution in [2.45, 2.75) is 13.5 Å². The molecule has 0 atom stereocenters. The van der Waals surface area contributed by atoms with E-state index in [1.807, 2.05) is 18.3 Å². The molecule has 2 heteroatoms. The van der Waals surface area contributed by atoms with Gasteiger partial charge in [-0.1, -0.05) is 36.5 Å². The number of rotatable bonds is 1. The molecular formula is C11H11NS. The van der Waals surface area contributed by atoms with Gasteiger partial charge in [0, 0.05) is 18.1 Å². The Hall–Kier alpha value is -1.15. The Bertz CT molecular complexity index is 485. The Balaban J connectivity index is 2.87. The van der Waals surface area contributed by atoms with Crippen LogP contribution < -0.4 is 0 Å². The molecule has 0 bridgehead atoms. The smallest absolute Gasteiger partial charge is 0.113 e. The van der Waals surface area contributed by atoms with Gasteiger partial charge < -0.3 is 4.57 Å². The largest absolute Gasteiger partial charge is 0.339 e. The van der Waals surface area contributed by atoms with E-state index in [0.717, 1.165) is 11.2 Å². The van der Waals surface area contributed by atoms with E-state index in [-0.39, 0.29) is 0 Å². The highest BCUT2D eigenvalue weighted by Crippen LogP contribution is 2.14. The zero-order valence-electron chi connectivity index (χ0n) is 7.53. The minimum atomic E-state index is 0.931. The average molecular weight is 189 g/mol. The molecule has 0 fully saturated rings. The number of nitrogens with zero attached hydrogens (tertiary/aromatic N) is 1. The molecule has 1 heterocycles. The average Bonchev–Trinajstić information content (AvgIpc) is 2.19. The van der Waals surface area contributed by atoms with Crippen LogP contribution in [0.3, 0.4) is 0 Å². The van der Waals surface area contributed by atoms with E-state index in [2.05, 4.69) is 29.7 Å². The second-order valence-electron chi connectivity index (χ2n) is 2.99. The van der Waals surface area contributed by atoms with Gasteiger partial charge in [0.15, 0.2) is 0 Å². The molecule has 0 saturated heterocycles. The summed E-state index contributed by atoms with van der Waals surface area (Å²) in [5.74, 6) is 0. The number of aromatic nitrogens is 1. The van der Waals surface area contributed by atoms with Gasteiger partial charge in [0.25, 0.3) is 0 Å². The van der Waals surface area contributed by atoms with Crippen LogP contribution in [0.15, 0.2) is 36.5 Å². The summed E-state index contributed by atoms with van der Waals surface area (Å²) in [5.41, 5.74) is 0. The first-order valence-corrected chi connectivity index (χ1v) is 4.82. The lowest BCUT2D eigenvalue weighted by Crippen LogP contribution is -1.96. The van der Waals surface area contributed by atoms with Gasteiger partial charge in [-0.25, -0.2) is 0 Å². The Kier molecular flexibility index (Phi) is 2.15. The van der Waals surface area contributed by atoms with Crippen molar-refractivity contribution in [3.63, 3.8) is 0 Å². The van der Waals surface area contributed by atoms with E-state index in [1.54, 1.807) is 0 Å². The zero-order valence-corrected chi connectivity index (χ0v) is 8.34. The van der Waals surface area contributed by atoms with Crippen molar-refractivity contribution in [2.24, 2.45) is 0 Å². The molecule has 0 radical (unpaired) electrons. The molecule has 0 unspecified atom stereocenters.